The van der Waals surface area contributed by atoms with Crippen LogP contribution in [-0.4, -0.2) is 21.9 Å². The normalized spacial score (nSPS) is 11.8. The average Bonchev–Trinajstić information content (AvgIpc) is 2.81. The number of ether oxygens (including phenoxy) is 1. The van der Waals surface area contributed by atoms with Gasteiger partial charge in [-0.1, -0.05) is 6.07 Å². The molecule has 0 amide bonds. The summed E-state index contributed by atoms with van der Waals surface area (Å²) < 4.78 is 33.6. The number of hydrogen-bond acceptors (Lipinski definition) is 4. The van der Waals surface area contributed by atoms with Crippen LogP contribution in [0.25, 0.3) is 5.69 Å². The highest BCUT2D eigenvalue weighted by atomic mass is 19.1. The van der Waals surface area contributed by atoms with Crippen LogP contribution in [0.4, 0.5) is 8.78 Å². The van der Waals surface area contributed by atoms with Gasteiger partial charge in [-0.15, -0.1) is 0 Å². The van der Waals surface area contributed by atoms with Gasteiger partial charge in [0.1, 0.15) is 11.8 Å². The van der Waals surface area contributed by atoms with Crippen LogP contribution in [0.5, 0.6) is 0 Å². The highest BCUT2D eigenvalue weighted by molar-refractivity contribution is 5.87. The lowest BCUT2D eigenvalue weighted by Crippen LogP contribution is -2.15. The van der Waals surface area contributed by atoms with Crippen LogP contribution < -0.4 is 0 Å². The zero-order chi connectivity index (χ0) is 16.3. The predicted molar refractivity (Wildman–Crippen MR) is 73.3 cm³/mol. The van der Waals surface area contributed by atoms with E-state index in [1.165, 1.54) is 12.1 Å². The van der Waals surface area contributed by atoms with Crippen molar-refractivity contribution in [1.82, 2.24) is 9.78 Å². The molecule has 0 aliphatic carbocycles. The van der Waals surface area contributed by atoms with Crippen molar-refractivity contribution in [3.05, 3.63) is 47.3 Å². The highest BCUT2D eigenvalue weighted by Crippen LogP contribution is 2.19. The van der Waals surface area contributed by atoms with Crippen molar-refractivity contribution in [2.45, 2.75) is 26.4 Å². The van der Waals surface area contributed by atoms with Crippen molar-refractivity contribution < 1.29 is 18.3 Å². The van der Waals surface area contributed by atoms with Crippen molar-refractivity contribution in [3.63, 3.8) is 0 Å². The maximum Gasteiger partial charge on any atom is 0.359 e. The van der Waals surface area contributed by atoms with Gasteiger partial charge in [-0.25, -0.2) is 18.3 Å². The number of halogens is 2. The third kappa shape index (κ3) is 3.11. The van der Waals surface area contributed by atoms with E-state index in [1.807, 2.05) is 6.07 Å². The van der Waals surface area contributed by atoms with Gasteiger partial charge in [0, 0.05) is 5.69 Å². The summed E-state index contributed by atoms with van der Waals surface area (Å²) in [6.07, 6.45) is -0.541. The summed E-state index contributed by atoms with van der Waals surface area (Å²) in [5.41, 5.74) is -0.0575. The standard InChI is InChI=1S/C15H13F2N3O2/c1-9-8-13(15(21)22-10(2)6-7-18)19-20(9)14-11(16)4-3-5-12(14)17/h3-5,8,10H,6H2,1-2H3. The summed E-state index contributed by atoms with van der Waals surface area (Å²) in [6.45, 7) is 3.13. The number of nitriles is 1. The summed E-state index contributed by atoms with van der Waals surface area (Å²) in [7, 11) is 0. The Bertz CT molecular complexity index is 729. The van der Waals surface area contributed by atoms with Gasteiger partial charge >= 0.3 is 5.97 Å². The molecule has 2 aromatic rings. The van der Waals surface area contributed by atoms with Crippen molar-refractivity contribution in [3.8, 4) is 11.8 Å². The number of rotatable bonds is 4. The van der Waals surface area contributed by atoms with E-state index in [1.54, 1.807) is 13.8 Å². The summed E-state index contributed by atoms with van der Waals surface area (Å²) >= 11 is 0. The predicted octanol–water partition coefficient (Wildman–Crippen LogP) is 2.92. The van der Waals surface area contributed by atoms with Crippen molar-refractivity contribution in [2.24, 2.45) is 0 Å². The second kappa shape index (κ2) is 6.35. The molecule has 22 heavy (non-hydrogen) atoms. The molecular weight excluding hydrogens is 292 g/mol. The van der Waals surface area contributed by atoms with Gasteiger partial charge in [0.15, 0.2) is 17.3 Å². The number of aromatic nitrogens is 2. The van der Waals surface area contributed by atoms with Gasteiger partial charge in [-0.3, -0.25) is 0 Å². The minimum atomic E-state index is -0.788. The van der Waals surface area contributed by atoms with Crippen LogP contribution in [-0.2, 0) is 4.74 Å². The first kappa shape index (κ1) is 15.6. The second-order valence-corrected chi connectivity index (χ2v) is 4.73. The van der Waals surface area contributed by atoms with Crippen molar-refractivity contribution >= 4 is 5.97 Å². The molecule has 1 unspecified atom stereocenters. The van der Waals surface area contributed by atoms with E-state index in [0.29, 0.717) is 5.69 Å². The Kier molecular flexibility index (Phi) is 4.51. The molecule has 1 atom stereocenters. The van der Waals surface area contributed by atoms with Crippen LogP contribution in [0.3, 0.4) is 0 Å². The SMILES string of the molecule is Cc1cc(C(=O)OC(C)CC#N)nn1-c1c(F)cccc1F. The Balaban J connectivity index is 2.33. The van der Waals surface area contributed by atoms with Gasteiger partial charge in [-0.2, -0.15) is 10.4 Å². The molecule has 0 radical (unpaired) electrons. The Hall–Kier alpha value is -2.75. The highest BCUT2D eigenvalue weighted by Gasteiger charge is 2.20. The quantitative estimate of drug-likeness (QED) is 0.814. The maximum atomic E-state index is 13.8. The molecule has 1 aromatic carbocycles. The molecule has 0 aliphatic rings. The monoisotopic (exact) mass is 305 g/mol. The summed E-state index contributed by atoms with van der Waals surface area (Å²) in [6, 6.07) is 6.70. The van der Waals surface area contributed by atoms with E-state index in [9.17, 15) is 13.6 Å². The lowest BCUT2D eigenvalue weighted by Gasteiger charge is -2.08. The Labute approximate surface area is 125 Å². The molecule has 0 bridgehead atoms. The summed E-state index contributed by atoms with van der Waals surface area (Å²) in [5, 5.41) is 12.4. The minimum absolute atomic E-state index is 0.0490. The van der Waals surface area contributed by atoms with Gasteiger partial charge in [0.2, 0.25) is 0 Å². The maximum absolute atomic E-state index is 13.8. The van der Waals surface area contributed by atoms with Gasteiger partial charge < -0.3 is 4.74 Å². The molecule has 5 nitrogen and oxygen atoms in total. The molecule has 114 valence electrons. The fraction of sp³-hybridized carbons (Fsp3) is 0.267. The molecule has 2 rings (SSSR count). The second-order valence-electron chi connectivity index (χ2n) is 4.73. The van der Waals surface area contributed by atoms with E-state index in [-0.39, 0.29) is 17.8 Å². The topological polar surface area (TPSA) is 67.9 Å². The molecule has 0 aliphatic heterocycles. The Morgan fingerprint density at radius 3 is 2.68 bits per heavy atom. The number of nitrogens with zero attached hydrogens (tertiary/aromatic N) is 3. The zero-order valence-corrected chi connectivity index (χ0v) is 12.0. The first-order valence-corrected chi connectivity index (χ1v) is 6.53. The molecular formula is C15H13F2N3O2. The fourth-order valence-electron chi connectivity index (χ4n) is 1.91. The first-order valence-electron chi connectivity index (χ1n) is 6.53. The van der Waals surface area contributed by atoms with E-state index < -0.39 is 23.7 Å². The lowest BCUT2D eigenvalue weighted by molar-refractivity contribution is 0.0343. The largest absolute Gasteiger partial charge is 0.457 e. The number of esters is 1. The number of carbonyl (C=O) groups excluding carboxylic acids is 1. The van der Waals surface area contributed by atoms with E-state index in [4.69, 9.17) is 10.00 Å². The van der Waals surface area contributed by atoms with Crippen molar-refractivity contribution in [2.75, 3.05) is 0 Å². The lowest BCUT2D eigenvalue weighted by atomic mass is 10.3. The van der Waals surface area contributed by atoms with Crippen LogP contribution in [0.15, 0.2) is 24.3 Å². The van der Waals surface area contributed by atoms with Crippen LogP contribution in [0, 0.1) is 29.9 Å². The third-order valence-corrected chi connectivity index (χ3v) is 2.93. The van der Waals surface area contributed by atoms with Gasteiger partial charge in [0.05, 0.1) is 12.5 Å². The number of hydrogen-bond donors (Lipinski definition) is 0. The molecule has 0 saturated heterocycles. The molecule has 0 saturated carbocycles. The molecule has 0 N–H and O–H groups in total. The van der Waals surface area contributed by atoms with E-state index in [0.717, 1.165) is 16.8 Å². The molecule has 0 spiro atoms. The van der Waals surface area contributed by atoms with Crippen molar-refractivity contribution in [1.29, 1.82) is 5.26 Å². The van der Waals surface area contributed by atoms with E-state index >= 15 is 0 Å². The zero-order valence-electron chi connectivity index (χ0n) is 12.0. The molecule has 0 fully saturated rings. The first-order chi connectivity index (χ1) is 10.4. The third-order valence-electron chi connectivity index (χ3n) is 2.93. The number of carbonyl (C=O) groups is 1. The smallest absolute Gasteiger partial charge is 0.359 e. The number of benzene rings is 1. The van der Waals surface area contributed by atoms with Crippen LogP contribution in [0.2, 0.25) is 0 Å². The van der Waals surface area contributed by atoms with Gasteiger partial charge in [-0.05, 0) is 32.0 Å². The number of para-hydroxylation sites is 1. The molecule has 7 heteroatoms. The Morgan fingerprint density at radius 1 is 1.45 bits per heavy atom. The Morgan fingerprint density at radius 2 is 2.09 bits per heavy atom. The number of aryl methyl sites for hydroxylation is 1. The average molecular weight is 305 g/mol. The van der Waals surface area contributed by atoms with E-state index in [2.05, 4.69) is 5.10 Å². The van der Waals surface area contributed by atoms with Gasteiger partial charge in [0.25, 0.3) is 0 Å². The minimum Gasteiger partial charge on any atom is -0.457 e. The molecule has 1 heterocycles. The molecule has 1 aromatic heterocycles. The summed E-state index contributed by atoms with van der Waals surface area (Å²) in [4.78, 5) is 11.9. The van der Waals surface area contributed by atoms with Crippen LogP contribution >= 0.6 is 0 Å². The summed E-state index contributed by atoms with van der Waals surface area (Å²) in [5.74, 6) is -2.32. The fourth-order valence-corrected chi connectivity index (χ4v) is 1.91. The van der Waals surface area contributed by atoms with Crippen LogP contribution in [0.1, 0.15) is 29.5 Å².